The summed E-state index contributed by atoms with van der Waals surface area (Å²) in [5, 5.41) is 18.5. The zero-order valence-electron chi connectivity index (χ0n) is 22.1. The topological polar surface area (TPSA) is 90.3 Å². The van der Waals surface area contributed by atoms with Crippen LogP contribution in [0.3, 0.4) is 0 Å². The van der Waals surface area contributed by atoms with Gasteiger partial charge in [-0.05, 0) is 51.1 Å². The van der Waals surface area contributed by atoms with Gasteiger partial charge < -0.3 is 5.32 Å². The van der Waals surface area contributed by atoms with E-state index in [0.29, 0.717) is 24.4 Å². The van der Waals surface area contributed by atoms with E-state index in [4.69, 9.17) is 0 Å². The van der Waals surface area contributed by atoms with Crippen LogP contribution in [0.2, 0.25) is 0 Å². The Hall–Kier alpha value is -2.49. The van der Waals surface area contributed by atoms with Crippen LogP contribution in [-0.4, -0.2) is 57.4 Å². The van der Waals surface area contributed by atoms with Crippen molar-refractivity contribution in [2.75, 3.05) is 24.6 Å². The van der Waals surface area contributed by atoms with Crippen molar-refractivity contribution >= 4 is 11.9 Å². The molecule has 3 N–H and O–H groups in total. The molecular weight excluding hydrogens is 464 g/mol. The zero-order chi connectivity index (χ0) is 25.2. The standard InChI is InChI=1S/C28H42N8O/c1-20-10-7-8-18-34(20)19-17-29-25(37)16-9-15-24-31-32-28-35(24)23-14-6-5-13-22(23)27-30-26(33-36(27)28)21-11-3-2-4-12-21/h2-4,11-12,20,22-23,26-27,30,33H,5-10,13-19H2,1H3,(H,29,37). The highest BCUT2D eigenvalue weighted by Gasteiger charge is 2.48. The third-order valence-electron chi connectivity index (χ3n) is 8.97. The van der Waals surface area contributed by atoms with E-state index >= 15 is 0 Å². The molecule has 4 aliphatic rings. The molecule has 3 fully saturated rings. The number of benzene rings is 1. The van der Waals surface area contributed by atoms with Crippen LogP contribution in [0.1, 0.15) is 88.3 Å². The summed E-state index contributed by atoms with van der Waals surface area (Å²) in [5.41, 5.74) is 4.90. The quantitative estimate of drug-likeness (QED) is 0.506. The van der Waals surface area contributed by atoms with Crippen LogP contribution in [0.4, 0.5) is 5.95 Å². The van der Waals surface area contributed by atoms with Crippen LogP contribution in [-0.2, 0) is 11.2 Å². The molecule has 37 heavy (non-hydrogen) atoms. The molecule has 9 heteroatoms. The van der Waals surface area contributed by atoms with Gasteiger partial charge in [0.25, 0.3) is 0 Å². The van der Waals surface area contributed by atoms with Crippen LogP contribution in [0.15, 0.2) is 30.3 Å². The number of carbonyl (C=O) groups is 1. The monoisotopic (exact) mass is 506 g/mol. The molecule has 1 aliphatic carbocycles. The number of hydrogen-bond acceptors (Lipinski definition) is 7. The maximum absolute atomic E-state index is 12.5. The minimum atomic E-state index is 0.0668. The fraction of sp³-hybridized carbons (Fsp3) is 0.679. The summed E-state index contributed by atoms with van der Waals surface area (Å²) >= 11 is 0. The lowest BCUT2D eigenvalue weighted by Crippen LogP contribution is -2.53. The molecular formula is C28H42N8O. The van der Waals surface area contributed by atoms with Crippen LogP contribution in [0.5, 0.6) is 0 Å². The Bertz CT molecular complexity index is 1060. The summed E-state index contributed by atoms with van der Waals surface area (Å²) < 4.78 is 2.39. The highest BCUT2D eigenvalue weighted by atomic mass is 16.1. The molecule has 2 saturated heterocycles. The Balaban J connectivity index is 1.07. The lowest BCUT2D eigenvalue weighted by atomic mass is 9.81. The lowest BCUT2D eigenvalue weighted by Gasteiger charge is -2.44. The number of aryl methyl sites for hydroxylation is 1. The molecule has 1 aromatic carbocycles. The molecule has 1 aromatic heterocycles. The second kappa shape index (κ2) is 11.1. The number of rotatable bonds is 8. The second-order valence-corrected chi connectivity index (χ2v) is 11.3. The van der Waals surface area contributed by atoms with E-state index in [9.17, 15) is 4.79 Å². The van der Waals surface area contributed by atoms with Crippen molar-refractivity contribution in [2.45, 2.75) is 95.5 Å². The van der Waals surface area contributed by atoms with E-state index < -0.39 is 0 Å². The van der Waals surface area contributed by atoms with Crippen molar-refractivity contribution in [1.82, 2.24) is 35.7 Å². The largest absolute Gasteiger partial charge is 0.355 e. The van der Waals surface area contributed by atoms with Gasteiger partial charge in [0, 0.05) is 43.9 Å². The zero-order valence-corrected chi connectivity index (χ0v) is 22.1. The summed E-state index contributed by atoms with van der Waals surface area (Å²) in [6, 6.07) is 11.6. The van der Waals surface area contributed by atoms with E-state index in [-0.39, 0.29) is 18.2 Å². The number of piperidine rings is 1. The molecule has 1 saturated carbocycles. The Morgan fingerprint density at radius 1 is 1.08 bits per heavy atom. The van der Waals surface area contributed by atoms with E-state index in [1.54, 1.807) is 0 Å². The Morgan fingerprint density at radius 2 is 1.92 bits per heavy atom. The van der Waals surface area contributed by atoms with Gasteiger partial charge in [0.1, 0.15) is 18.2 Å². The van der Waals surface area contributed by atoms with Crippen molar-refractivity contribution in [3.05, 3.63) is 41.7 Å². The van der Waals surface area contributed by atoms with Gasteiger partial charge in [-0.25, -0.2) is 5.43 Å². The minimum Gasteiger partial charge on any atom is -0.355 e. The van der Waals surface area contributed by atoms with Crippen LogP contribution < -0.4 is 21.1 Å². The second-order valence-electron chi connectivity index (χ2n) is 11.3. The molecule has 5 unspecified atom stereocenters. The Kier molecular flexibility index (Phi) is 7.44. The molecule has 6 rings (SSSR count). The van der Waals surface area contributed by atoms with Gasteiger partial charge in [-0.1, -0.05) is 49.6 Å². The minimum absolute atomic E-state index is 0.0668. The van der Waals surface area contributed by atoms with Crippen molar-refractivity contribution in [3.63, 3.8) is 0 Å². The fourth-order valence-corrected chi connectivity index (χ4v) is 6.96. The predicted octanol–water partition coefficient (Wildman–Crippen LogP) is 3.28. The first-order chi connectivity index (χ1) is 18.2. The van der Waals surface area contributed by atoms with E-state index in [0.717, 1.165) is 44.2 Å². The molecule has 1 amide bonds. The highest BCUT2D eigenvalue weighted by molar-refractivity contribution is 5.75. The molecule has 0 radical (unpaired) electrons. The third-order valence-corrected chi connectivity index (χ3v) is 8.97. The van der Waals surface area contributed by atoms with Gasteiger partial charge in [-0.2, -0.15) is 0 Å². The summed E-state index contributed by atoms with van der Waals surface area (Å²) in [6.45, 7) is 5.15. The average Bonchev–Trinajstić information content (AvgIpc) is 3.56. The van der Waals surface area contributed by atoms with Crippen LogP contribution in [0, 0.1) is 5.92 Å². The number of fused-ring (bicyclic) bond motifs is 6. The highest BCUT2D eigenvalue weighted by Crippen LogP contribution is 2.45. The van der Waals surface area contributed by atoms with Crippen LogP contribution in [0.25, 0.3) is 0 Å². The number of carbonyl (C=O) groups excluding carboxylic acids is 1. The van der Waals surface area contributed by atoms with Gasteiger partial charge in [-0.15, -0.1) is 10.2 Å². The number of likely N-dealkylation sites (tertiary alicyclic amines) is 1. The molecule has 5 atom stereocenters. The number of hydrogen-bond donors (Lipinski definition) is 3. The first kappa shape index (κ1) is 24.8. The van der Waals surface area contributed by atoms with Crippen molar-refractivity contribution < 1.29 is 4.79 Å². The number of amides is 1. The average molecular weight is 507 g/mol. The van der Waals surface area contributed by atoms with E-state index in [1.807, 2.05) is 0 Å². The number of nitrogens with zero attached hydrogens (tertiary/aromatic N) is 5. The summed E-state index contributed by atoms with van der Waals surface area (Å²) in [5.74, 6) is 2.59. The van der Waals surface area contributed by atoms with Gasteiger partial charge in [0.05, 0.1) is 0 Å². The van der Waals surface area contributed by atoms with Crippen molar-refractivity contribution in [3.8, 4) is 0 Å². The van der Waals surface area contributed by atoms with E-state index in [1.165, 1.54) is 50.5 Å². The molecule has 2 aromatic rings. The number of nitrogens with one attached hydrogen (secondary N) is 3. The SMILES string of the molecule is CC1CCCCN1CCNC(=O)CCCc1nnc2n1C1CCCCC1C1NC(c3ccccc3)NN21. The normalized spacial score (nSPS) is 29.4. The number of hydrazine groups is 1. The molecule has 0 spiro atoms. The van der Waals surface area contributed by atoms with E-state index in [2.05, 4.69) is 78.0 Å². The first-order valence-corrected chi connectivity index (χ1v) is 14.5. The van der Waals surface area contributed by atoms with Gasteiger partial charge in [0.2, 0.25) is 11.9 Å². The molecule has 3 aliphatic heterocycles. The maximum Gasteiger partial charge on any atom is 0.243 e. The summed E-state index contributed by atoms with van der Waals surface area (Å²) in [7, 11) is 0. The maximum atomic E-state index is 12.5. The molecule has 200 valence electrons. The Morgan fingerprint density at radius 3 is 2.78 bits per heavy atom. The Labute approximate surface area is 220 Å². The number of anilines is 1. The summed E-state index contributed by atoms with van der Waals surface area (Å²) in [6.07, 6.45) is 11.2. The fourth-order valence-electron chi connectivity index (χ4n) is 6.96. The summed E-state index contributed by atoms with van der Waals surface area (Å²) in [4.78, 5) is 15.0. The lowest BCUT2D eigenvalue weighted by molar-refractivity contribution is -0.121. The van der Waals surface area contributed by atoms with Gasteiger partial charge in [0.15, 0.2) is 0 Å². The van der Waals surface area contributed by atoms with Crippen molar-refractivity contribution in [2.24, 2.45) is 5.92 Å². The van der Waals surface area contributed by atoms with Gasteiger partial charge >= 0.3 is 0 Å². The molecule has 4 heterocycles. The predicted molar refractivity (Wildman–Crippen MR) is 144 cm³/mol. The molecule has 0 bridgehead atoms. The number of aromatic nitrogens is 3. The third kappa shape index (κ3) is 5.13. The smallest absolute Gasteiger partial charge is 0.243 e. The van der Waals surface area contributed by atoms with Crippen LogP contribution >= 0.6 is 0 Å². The molecule has 9 nitrogen and oxygen atoms in total. The van der Waals surface area contributed by atoms with Crippen molar-refractivity contribution in [1.29, 1.82) is 0 Å². The van der Waals surface area contributed by atoms with Gasteiger partial charge in [-0.3, -0.25) is 24.6 Å². The first-order valence-electron chi connectivity index (χ1n) is 14.5.